The van der Waals surface area contributed by atoms with E-state index < -0.39 is 0 Å². The summed E-state index contributed by atoms with van der Waals surface area (Å²) in [5.41, 5.74) is 1.45. The number of hydrogen-bond donors (Lipinski definition) is 1. The Labute approximate surface area is 105 Å². The van der Waals surface area contributed by atoms with Gasteiger partial charge in [0.2, 0.25) is 0 Å². The Balaban J connectivity index is 1.80. The molecule has 17 heavy (non-hydrogen) atoms. The fraction of sp³-hybridized carbons (Fsp3) is 0.600. The maximum absolute atomic E-state index is 3.57. The highest BCUT2D eigenvalue weighted by atomic mass is 15.1. The summed E-state index contributed by atoms with van der Waals surface area (Å²) in [6, 6.07) is 11.4. The molecule has 1 fully saturated rings. The molecule has 0 radical (unpaired) electrons. The van der Waals surface area contributed by atoms with Crippen molar-refractivity contribution in [1.82, 2.24) is 10.2 Å². The highest BCUT2D eigenvalue weighted by Gasteiger charge is 2.12. The molecule has 2 nitrogen and oxygen atoms in total. The largest absolute Gasteiger partial charge is 0.313 e. The molecule has 1 aliphatic heterocycles. The molecule has 0 bridgehead atoms. The molecule has 0 spiro atoms. The summed E-state index contributed by atoms with van der Waals surface area (Å²) in [6.07, 6.45) is 3.81. The Morgan fingerprint density at radius 1 is 1.24 bits per heavy atom. The molecular formula is C15H24N2. The molecule has 2 rings (SSSR count). The Hall–Kier alpha value is -0.860. The molecule has 1 aromatic carbocycles. The zero-order valence-corrected chi connectivity index (χ0v) is 10.9. The van der Waals surface area contributed by atoms with E-state index in [0.29, 0.717) is 6.04 Å². The highest BCUT2D eigenvalue weighted by Crippen LogP contribution is 2.05. The molecule has 1 aliphatic rings. The zero-order valence-electron chi connectivity index (χ0n) is 10.9. The van der Waals surface area contributed by atoms with Gasteiger partial charge in [-0.05, 0) is 44.8 Å². The third-order valence-electron chi connectivity index (χ3n) is 3.49. The first-order valence-electron chi connectivity index (χ1n) is 6.84. The summed E-state index contributed by atoms with van der Waals surface area (Å²) in [5.74, 6) is 0. The quantitative estimate of drug-likeness (QED) is 0.860. The molecule has 1 N–H and O–H groups in total. The molecule has 1 heterocycles. The number of nitrogens with zero attached hydrogens (tertiary/aromatic N) is 1. The van der Waals surface area contributed by atoms with E-state index in [-0.39, 0.29) is 0 Å². The van der Waals surface area contributed by atoms with Crippen molar-refractivity contribution in [3.63, 3.8) is 0 Å². The average Bonchev–Trinajstić information content (AvgIpc) is 2.33. The van der Waals surface area contributed by atoms with Crippen LogP contribution in [-0.2, 0) is 6.42 Å². The van der Waals surface area contributed by atoms with E-state index in [1.54, 1.807) is 0 Å². The van der Waals surface area contributed by atoms with Crippen LogP contribution in [0, 0.1) is 0 Å². The molecule has 0 saturated carbocycles. The van der Waals surface area contributed by atoms with Crippen molar-refractivity contribution in [3.8, 4) is 0 Å². The molecule has 1 unspecified atom stereocenters. The normalized spacial score (nSPS) is 23.0. The van der Waals surface area contributed by atoms with Crippen molar-refractivity contribution in [3.05, 3.63) is 35.9 Å². The van der Waals surface area contributed by atoms with Crippen LogP contribution in [0.4, 0.5) is 0 Å². The number of hydrogen-bond acceptors (Lipinski definition) is 2. The lowest BCUT2D eigenvalue weighted by molar-refractivity contribution is 0.229. The first-order valence-corrected chi connectivity index (χ1v) is 6.84. The highest BCUT2D eigenvalue weighted by molar-refractivity contribution is 5.14. The van der Waals surface area contributed by atoms with Gasteiger partial charge in [0.1, 0.15) is 0 Å². The molecule has 1 atom stereocenters. The molecule has 0 aromatic heterocycles. The summed E-state index contributed by atoms with van der Waals surface area (Å²) >= 11 is 0. The van der Waals surface area contributed by atoms with Crippen LogP contribution in [0.1, 0.15) is 25.3 Å². The SMILES string of the molecule is CC1CN(CCc2ccccc2)CCCCN1. The second-order valence-corrected chi connectivity index (χ2v) is 5.10. The lowest BCUT2D eigenvalue weighted by atomic mass is 10.1. The van der Waals surface area contributed by atoms with Gasteiger partial charge in [0.25, 0.3) is 0 Å². The number of benzene rings is 1. The lowest BCUT2D eigenvalue weighted by Crippen LogP contribution is -2.43. The second-order valence-electron chi connectivity index (χ2n) is 5.10. The van der Waals surface area contributed by atoms with Crippen molar-refractivity contribution in [2.75, 3.05) is 26.2 Å². The third kappa shape index (κ3) is 4.49. The van der Waals surface area contributed by atoms with Crippen LogP contribution in [0.15, 0.2) is 30.3 Å². The minimum atomic E-state index is 0.631. The Morgan fingerprint density at radius 2 is 2.06 bits per heavy atom. The van der Waals surface area contributed by atoms with Crippen LogP contribution >= 0.6 is 0 Å². The topological polar surface area (TPSA) is 15.3 Å². The summed E-state index contributed by atoms with van der Waals surface area (Å²) in [7, 11) is 0. The van der Waals surface area contributed by atoms with E-state index in [2.05, 4.69) is 47.5 Å². The minimum Gasteiger partial charge on any atom is -0.313 e. The monoisotopic (exact) mass is 232 g/mol. The molecule has 0 aliphatic carbocycles. The van der Waals surface area contributed by atoms with Crippen LogP contribution in [0.25, 0.3) is 0 Å². The van der Waals surface area contributed by atoms with Crippen molar-refractivity contribution >= 4 is 0 Å². The van der Waals surface area contributed by atoms with E-state index in [1.807, 2.05) is 0 Å². The van der Waals surface area contributed by atoms with Gasteiger partial charge in [0.05, 0.1) is 0 Å². The van der Waals surface area contributed by atoms with Crippen LogP contribution < -0.4 is 5.32 Å². The van der Waals surface area contributed by atoms with Gasteiger partial charge in [-0.2, -0.15) is 0 Å². The maximum Gasteiger partial charge on any atom is 0.0166 e. The van der Waals surface area contributed by atoms with E-state index in [1.165, 1.54) is 51.0 Å². The van der Waals surface area contributed by atoms with Crippen molar-refractivity contribution in [2.24, 2.45) is 0 Å². The van der Waals surface area contributed by atoms with E-state index in [0.717, 1.165) is 0 Å². The van der Waals surface area contributed by atoms with E-state index >= 15 is 0 Å². The Bertz CT molecular complexity index is 310. The average molecular weight is 232 g/mol. The van der Waals surface area contributed by atoms with Crippen LogP contribution in [0.5, 0.6) is 0 Å². The fourth-order valence-electron chi connectivity index (χ4n) is 2.49. The van der Waals surface area contributed by atoms with Crippen molar-refractivity contribution in [1.29, 1.82) is 0 Å². The van der Waals surface area contributed by atoms with Crippen LogP contribution in [0.2, 0.25) is 0 Å². The van der Waals surface area contributed by atoms with E-state index in [9.17, 15) is 0 Å². The number of rotatable bonds is 3. The summed E-state index contributed by atoms with van der Waals surface area (Å²) in [4.78, 5) is 2.60. The van der Waals surface area contributed by atoms with Gasteiger partial charge < -0.3 is 10.2 Å². The Kier molecular flexibility index (Phi) is 5.02. The van der Waals surface area contributed by atoms with Gasteiger partial charge in [0, 0.05) is 19.1 Å². The first kappa shape index (κ1) is 12.6. The van der Waals surface area contributed by atoms with Gasteiger partial charge in [-0.15, -0.1) is 0 Å². The molecular weight excluding hydrogens is 208 g/mol. The second kappa shape index (κ2) is 6.77. The summed E-state index contributed by atoms with van der Waals surface area (Å²) in [5, 5.41) is 3.57. The lowest BCUT2D eigenvalue weighted by Gasteiger charge is -2.28. The molecule has 2 heteroatoms. The van der Waals surface area contributed by atoms with Crippen LogP contribution in [-0.4, -0.2) is 37.1 Å². The summed E-state index contributed by atoms with van der Waals surface area (Å²) in [6.45, 7) is 7.12. The van der Waals surface area contributed by atoms with Crippen molar-refractivity contribution in [2.45, 2.75) is 32.2 Å². The van der Waals surface area contributed by atoms with Crippen LogP contribution in [0.3, 0.4) is 0 Å². The fourth-order valence-corrected chi connectivity index (χ4v) is 2.49. The van der Waals surface area contributed by atoms with E-state index in [4.69, 9.17) is 0 Å². The predicted octanol–water partition coefficient (Wildman–Crippen LogP) is 2.30. The first-order chi connectivity index (χ1) is 8.34. The molecule has 1 aromatic rings. The maximum atomic E-state index is 3.57. The van der Waals surface area contributed by atoms with Gasteiger partial charge in [-0.25, -0.2) is 0 Å². The van der Waals surface area contributed by atoms with Gasteiger partial charge >= 0.3 is 0 Å². The molecule has 1 saturated heterocycles. The van der Waals surface area contributed by atoms with Gasteiger partial charge in [0.15, 0.2) is 0 Å². The Morgan fingerprint density at radius 3 is 2.88 bits per heavy atom. The number of nitrogens with one attached hydrogen (secondary N) is 1. The van der Waals surface area contributed by atoms with Gasteiger partial charge in [-0.3, -0.25) is 0 Å². The third-order valence-corrected chi connectivity index (χ3v) is 3.49. The predicted molar refractivity (Wildman–Crippen MR) is 73.3 cm³/mol. The van der Waals surface area contributed by atoms with Gasteiger partial charge in [-0.1, -0.05) is 30.3 Å². The smallest absolute Gasteiger partial charge is 0.0166 e. The van der Waals surface area contributed by atoms with Crippen molar-refractivity contribution < 1.29 is 0 Å². The summed E-state index contributed by atoms with van der Waals surface area (Å²) < 4.78 is 0. The minimum absolute atomic E-state index is 0.631. The molecule has 0 amide bonds. The zero-order chi connectivity index (χ0) is 11.9. The standard InChI is InChI=1S/C15H24N2/c1-14-13-17(11-6-5-10-16-14)12-9-15-7-3-2-4-8-15/h2-4,7-8,14,16H,5-6,9-13H2,1H3. The molecule has 94 valence electrons.